The largest absolute Gasteiger partial charge is 0.493 e. The molecule has 1 atom stereocenters. The summed E-state index contributed by atoms with van der Waals surface area (Å²) in [5.41, 5.74) is 1.68. The van der Waals surface area contributed by atoms with Crippen LogP contribution in [0.4, 0.5) is 0 Å². The molecule has 0 saturated carbocycles. The van der Waals surface area contributed by atoms with Crippen LogP contribution in [0.1, 0.15) is 29.5 Å². The number of rotatable bonds is 16. The van der Waals surface area contributed by atoms with Gasteiger partial charge in [-0.2, -0.15) is 0 Å². The van der Waals surface area contributed by atoms with Crippen molar-refractivity contribution >= 4 is 35.0 Å². The van der Waals surface area contributed by atoms with Gasteiger partial charge in [0.1, 0.15) is 12.6 Å². The summed E-state index contributed by atoms with van der Waals surface area (Å²) in [6.45, 7) is 2.34. The number of nitrogens with zero attached hydrogens (tertiary/aromatic N) is 4. The van der Waals surface area contributed by atoms with Crippen molar-refractivity contribution in [2.24, 2.45) is 0 Å². The van der Waals surface area contributed by atoms with Crippen LogP contribution in [0, 0.1) is 0 Å². The Balaban J connectivity index is 1.53. The lowest BCUT2D eigenvalue weighted by Crippen LogP contribution is -2.61. The molecule has 1 aromatic carbocycles. The third-order valence-electron chi connectivity index (χ3n) is 7.63. The zero-order chi connectivity index (χ0) is 32.2. The van der Waals surface area contributed by atoms with E-state index in [0.717, 1.165) is 16.1 Å². The first-order valence-electron chi connectivity index (χ1n) is 15.0. The number of hydrogen-bond donors (Lipinski definition) is 0. The van der Waals surface area contributed by atoms with Crippen LogP contribution in [0.25, 0.3) is 0 Å². The molecule has 1 unspecified atom stereocenters. The van der Waals surface area contributed by atoms with Crippen LogP contribution >= 0.6 is 11.3 Å². The fourth-order valence-corrected chi connectivity index (χ4v) is 5.95. The number of carbonyl (C=O) groups excluding carboxylic acids is 4. The number of methoxy groups -OCH3 is 2. The second-order valence-electron chi connectivity index (χ2n) is 10.5. The number of pyridine rings is 1. The molecule has 1 fully saturated rings. The van der Waals surface area contributed by atoms with Gasteiger partial charge >= 0.3 is 5.97 Å². The number of ether oxygens (including phenoxy) is 3. The molecule has 3 amide bonds. The minimum Gasteiger partial charge on any atom is -0.493 e. The summed E-state index contributed by atoms with van der Waals surface area (Å²) in [6, 6.07) is 14.0. The van der Waals surface area contributed by atoms with E-state index in [1.807, 2.05) is 47.8 Å². The first kappa shape index (κ1) is 33.4. The Labute approximate surface area is 267 Å². The molecule has 3 heterocycles. The molecule has 4 rings (SSSR count). The van der Waals surface area contributed by atoms with Crippen molar-refractivity contribution < 1.29 is 33.4 Å². The van der Waals surface area contributed by atoms with Gasteiger partial charge in [0, 0.05) is 42.8 Å². The molecule has 1 saturated heterocycles. The molecule has 0 radical (unpaired) electrons. The van der Waals surface area contributed by atoms with Crippen LogP contribution in [0.2, 0.25) is 0 Å². The Hall–Kier alpha value is -4.45. The van der Waals surface area contributed by atoms with Gasteiger partial charge < -0.3 is 28.9 Å². The molecule has 12 heteroatoms. The van der Waals surface area contributed by atoms with Gasteiger partial charge in [-0.15, -0.1) is 11.3 Å². The number of amides is 3. The van der Waals surface area contributed by atoms with E-state index in [1.165, 1.54) is 14.7 Å². The van der Waals surface area contributed by atoms with E-state index in [-0.39, 0.29) is 44.5 Å². The van der Waals surface area contributed by atoms with Gasteiger partial charge in [0.05, 0.1) is 33.8 Å². The van der Waals surface area contributed by atoms with Gasteiger partial charge in [0.2, 0.25) is 17.7 Å². The Morgan fingerprint density at radius 3 is 2.51 bits per heavy atom. The van der Waals surface area contributed by atoms with E-state index in [0.29, 0.717) is 43.9 Å². The van der Waals surface area contributed by atoms with Gasteiger partial charge in [-0.05, 0) is 61.0 Å². The van der Waals surface area contributed by atoms with E-state index >= 15 is 0 Å². The standard InChI is InChI=1S/C33H40N4O7S/c1-4-44-32(40)23-35(16-12-24-10-11-28(42-2)29(20-24)43-3)30(38)21-27-33(41)36(17-13-25-8-5-6-15-34-25)22-31(39)37(27)18-14-26-9-7-19-45-26/h5-11,15,19-20,27H,4,12-14,16-18,21-23H2,1-3H3. The summed E-state index contributed by atoms with van der Waals surface area (Å²) < 4.78 is 15.9. The molecule has 0 spiro atoms. The Morgan fingerprint density at radius 1 is 1.00 bits per heavy atom. The van der Waals surface area contributed by atoms with E-state index in [4.69, 9.17) is 14.2 Å². The van der Waals surface area contributed by atoms with E-state index in [2.05, 4.69) is 4.98 Å². The molecule has 11 nitrogen and oxygen atoms in total. The smallest absolute Gasteiger partial charge is 0.325 e. The molecular weight excluding hydrogens is 596 g/mol. The number of thiophene rings is 1. The van der Waals surface area contributed by atoms with E-state index < -0.39 is 17.9 Å². The molecule has 2 aromatic heterocycles. The van der Waals surface area contributed by atoms with Crippen molar-refractivity contribution in [1.82, 2.24) is 19.7 Å². The zero-order valence-corrected chi connectivity index (χ0v) is 26.8. The molecule has 45 heavy (non-hydrogen) atoms. The second kappa shape index (κ2) is 16.6. The topological polar surface area (TPSA) is 119 Å². The predicted octanol–water partition coefficient (Wildman–Crippen LogP) is 3.01. The van der Waals surface area contributed by atoms with Crippen LogP contribution in [0.3, 0.4) is 0 Å². The van der Waals surface area contributed by atoms with E-state index in [1.54, 1.807) is 44.7 Å². The van der Waals surface area contributed by atoms with Crippen LogP contribution in [0.5, 0.6) is 11.5 Å². The minimum atomic E-state index is -0.992. The molecule has 240 valence electrons. The van der Waals surface area contributed by atoms with Crippen molar-refractivity contribution in [3.05, 3.63) is 76.2 Å². The van der Waals surface area contributed by atoms with Gasteiger partial charge in [0.15, 0.2) is 11.5 Å². The highest BCUT2D eigenvalue weighted by molar-refractivity contribution is 7.09. The monoisotopic (exact) mass is 636 g/mol. The highest BCUT2D eigenvalue weighted by atomic mass is 32.1. The number of carbonyl (C=O) groups is 4. The predicted molar refractivity (Wildman–Crippen MR) is 169 cm³/mol. The maximum Gasteiger partial charge on any atom is 0.325 e. The number of hydrogen-bond acceptors (Lipinski definition) is 9. The number of aromatic nitrogens is 1. The molecule has 0 N–H and O–H groups in total. The highest BCUT2D eigenvalue weighted by Crippen LogP contribution is 2.28. The lowest BCUT2D eigenvalue weighted by molar-refractivity contribution is -0.158. The van der Waals surface area contributed by atoms with Crippen molar-refractivity contribution in [2.45, 2.75) is 38.6 Å². The normalized spacial score (nSPS) is 14.8. The van der Waals surface area contributed by atoms with E-state index in [9.17, 15) is 19.2 Å². The summed E-state index contributed by atoms with van der Waals surface area (Å²) in [6.07, 6.45) is 2.91. The van der Waals surface area contributed by atoms with Crippen LogP contribution < -0.4 is 9.47 Å². The molecular formula is C33H40N4O7S. The maximum absolute atomic E-state index is 13.9. The average molecular weight is 637 g/mol. The average Bonchev–Trinajstić information content (AvgIpc) is 3.57. The molecule has 0 bridgehead atoms. The van der Waals surface area contributed by atoms with Crippen LogP contribution in [-0.4, -0.2) is 103 Å². The molecule has 3 aromatic rings. The van der Waals surface area contributed by atoms with Crippen molar-refractivity contribution in [3.63, 3.8) is 0 Å². The SMILES string of the molecule is CCOC(=O)CN(CCc1ccc(OC)c(OC)c1)C(=O)CC1C(=O)N(CCc2ccccn2)CC(=O)N1CCc1cccs1. The highest BCUT2D eigenvalue weighted by Gasteiger charge is 2.41. The fraction of sp³-hybridized carbons (Fsp3) is 0.424. The van der Waals surface area contributed by atoms with Crippen molar-refractivity contribution in [1.29, 1.82) is 0 Å². The third kappa shape index (κ3) is 9.27. The van der Waals surface area contributed by atoms with Gasteiger partial charge in [-0.1, -0.05) is 18.2 Å². The third-order valence-corrected chi connectivity index (χ3v) is 8.56. The molecule has 1 aliphatic rings. The van der Waals surface area contributed by atoms with Gasteiger partial charge in [-0.3, -0.25) is 24.2 Å². The molecule has 1 aliphatic heterocycles. The Morgan fingerprint density at radius 2 is 1.82 bits per heavy atom. The quantitative estimate of drug-likeness (QED) is 0.220. The van der Waals surface area contributed by atoms with Gasteiger partial charge in [-0.25, -0.2) is 0 Å². The fourth-order valence-electron chi connectivity index (χ4n) is 5.25. The van der Waals surface area contributed by atoms with Crippen molar-refractivity contribution in [2.75, 3.05) is 53.6 Å². The first-order valence-corrected chi connectivity index (χ1v) is 15.9. The summed E-state index contributed by atoms with van der Waals surface area (Å²) in [5.74, 6) is -0.334. The minimum absolute atomic E-state index is 0.0629. The second-order valence-corrected chi connectivity index (χ2v) is 11.6. The Bertz CT molecular complexity index is 1430. The number of benzene rings is 1. The summed E-state index contributed by atoms with van der Waals surface area (Å²) >= 11 is 1.58. The summed E-state index contributed by atoms with van der Waals surface area (Å²) in [7, 11) is 3.10. The molecule has 0 aliphatic carbocycles. The Kier molecular flexibility index (Phi) is 12.3. The van der Waals surface area contributed by atoms with Gasteiger partial charge in [0.25, 0.3) is 0 Å². The van der Waals surface area contributed by atoms with Crippen molar-refractivity contribution in [3.8, 4) is 11.5 Å². The lowest BCUT2D eigenvalue weighted by Gasteiger charge is -2.40. The number of esters is 1. The van der Waals surface area contributed by atoms with Crippen LogP contribution in [0.15, 0.2) is 60.1 Å². The number of piperazine rings is 1. The maximum atomic E-state index is 13.9. The first-order chi connectivity index (χ1) is 21.8. The zero-order valence-electron chi connectivity index (χ0n) is 26.0. The summed E-state index contributed by atoms with van der Waals surface area (Å²) in [4.78, 5) is 63.6. The van der Waals surface area contributed by atoms with Crippen LogP contribution in [-0.2, 0) is 43.2 Å². The lowest BCUT2D eigenvalue weighted by atomic mass is 10.0. The summed E-state index contributed by atoms with van der Waals surface area (Å²) in [5, 5.41) is 1.96.